The van der Waals surface area contributed by atoms with Crippen LogP contribution < -0.4 is 5.32 Å². The molecule has 0 radical (unpaired) electrons. The lowest BCUT2D eigenvalue weighted by Crippen LogP contribution is -2.36. The van der Waals surface area contributed by atoms with E-state index in [1.54, 1.807) is 0 Å². The van der Waals surface area contributed by atoms with Crippen molar-refractivity contribution in [1.29, 1.82) is 0 Å². The summed E-state index contributed by atoms with van der Waals surface area (Å²) < 4.78 is 0. The largest absolute Gasteiger partial charge is 0.350 e. The third-order valence-electron chi connectivity index (χ3n) is 3.92. The molecule has 1 aliphatic heterocycles. The Bertz CT molecular complexity index is 617. The molecule has 1 saturated heterocycles. The normalized spacial score (nSPS) is 20.0. The summed E-state index contributed by atoms with van der Waals surface area (Å²) in [6, 6.07) is 8.29. The second kappa shape index (κ2) is 4.70. The lowest BCUT2D eigenvalue weighted by molar-refractivity contribution is 0.0933. The van der Waals surface area contributed by atoms with Gasteiger partial charge >= 0.3 is 0 Å². The molecule has 0 unspecified atom stereocenters. The number of aromatic nitrogens is 1. The average Bonchev–Trinajstić information content (AvgIpc) is 2.94. The van der Waals surface area contributed by atoms with E-state index in [-0.39, 0.29) is 11.9 Å². The molecule has 2 aromatic rings. The van der Waals surface area contributed by atoms with Crippen molar-refractivity contribution in [3.8, 4) is 0 Å². The maximum atomic E-state index is 12.3. The van der Waals surface area contributed by atoms with Crippen LogP contribution in [0.5, 0.6) is 0 Å². The molecule has 1 aliphatic rings. The lowest BCUT2D eigenvalue weighted by atomic mass is 10.1. The van der Waals surface area contributed by atoms with Gasteiger partial charge in [0.15, 0.2) is 0 Å². The van der Waals surface area contributed by atoms with E-state index in [0.29, 0.717) is 5.69 Å². The number of rotatable bonds is 2. The van der Waals surface area contributed by atoms with E-state index < -0.39 is 0 Å². The molecule has 2 heterocycles. The minimum atomic E-state index is 0.00833. The Balaban J connectivity index is 1.83. The number of carbonyl (C=O) groups is 1. The standard InChI is InChI=1S/C15H19N3O/c1-10-12-5-3-4-6-13(12)17-14(10)15(19)16-11-7-8-18(2)9-11/h3-6,11,17H,7-9H2,1-2H3,(H,16,19)/t11-/m0/s1. The predicted octanol–water partition coefficient (Wildman–Crippen LogP) is 1.91. The zero-order valence-corrected chi connectivity index (χ0v) is 11.4. The number of aryl methyl sites for hydroxylation is 1. The predicted molar refractivity (Wildman–Crippen MR) is 76.4 cm³/mol. The summed E-state index contributed by atoms with van der Waals surface area (Å²) >= 11 is 0. The number of likely N-dealkylation sites (N-methyl/N-ethyl adjacent to an activating group) is 1. The van der Waals surface area contributed by atoms with Crippen LogP contribution in [0.4, 0.5) is 0 Å². The van der Waals surface area contributed by atoms with Crippen LogP contribution in [-0.4, -0.2) is 42.0 Å². The molecule has 3 rings (SSSR count). The quantitative estimate of drug-likeness (QED) is 0.863. The van der Waals surface area contributed by atoms with E-state index in [4.69, 9.17) is 0 Å². The van der Waals surface area contributed by atoms with Gasteiger partial charge in [0.05, 0.1) is 0 Å². The lowest BCUT2D eigenvalue weighted by Gasteiger charge is -2.12. The number of hydrogen-bond acceptors (Lipinski definition) is 2. The zero-order chi connectivity index (χ0) is 13.4. The maximum absolute atomic E-state index is 12.3. The molecule has 19 heavy (non-hydrogen) atoms. The van der Waals surface area contributed by atoms with Crippen molar-refractivity contribution in [2.45, 2.75) is 19.4 Å². The van der Waals surface area contributed by atoms with Gasteiger partial charge in [-0.15, -0.1) is 0 Å². The van der Waals surface area contributed by atoms with Crippen LogP contribution in [0.15, 0.2) is 24.3 Å². The Morgan fingerprint density at radius 2 is 2.21 bits per heavy atom. The SMILES string of the molecule is Cc1c(C(=O)N[C@H]2CCN(C)C2)[nH]c2ccccc12. The van der Waals surface area contributed by atoms with Crippen LogP contribution in [0.1, 0.15) is 22.5 Å². The number of benzene rings is 1. The first-order chi connectivity index (χ1) is 9.15. The van der Waals surface area contributed by atoms with Gasteiger partial charge in [-0.1, -0.05) is 18.2 Å². The summed E-state index contributed by atoms with van der Waals surface area (Å²) in [7, 11) is 2.08. The number of nitrogens with zero attached hydrogens (tertiary/aromatic N) is 1. The van der Waals surface area contributed by atoms with Crippen LogP contribution >= 0.6 is 0 Å². The molecular weight excluding hydrogens is 238 g/mol. The Morgan fingerprint density at radius 1 is 1.42 bits per heavy atom. The van der Waals surface area contributed by atoms with Gasteiger partial charge < -0.3 is 15.2 Å². The molecule has 4 nitrogen and oxygen atoms in total. The first-order valence-corrected chi connectivity index (χ1v) is 6.72. The van der Waals surface area contributed by atoms with Crippen LogP contribution in [0.25, 0.3) is 10.9 Å². The van der Waals surface area contributed by atoms with E-state index in [1.807, 2.05) is 31.2 Å². The highest BCUT2D eigenvalue weighted by molar-refractivity contribution is 6.00. The number of likely N-dealkylation sites (tertiary alicyclic amines) is 1. The molecule has 1 atom stereocenters. The summed E-state index contributed by atoms with van der Waals surface area (Å²) in [6.45, 7) is 3.98. The zero-order valence-electron chi connectivity index (χ0n) is 11.4. The van der Waals surface area contributed by atoms with Crippen molar-refractivity contribution in [3.05, 3.63) is 35.5 Å². The fourth-order valence-electron chi connectivity index (χ4n) is 2.82. The summed E-state index contributed by atoms with van der Waals surface area (Å²) in [5.41, 5.74) is 2.74. The molecule has 2 N–H and O–H groups in total. The van der Waals surface area contributed by atoms with E-state index in [1.165, 1.54) is 0 Å². The number of amides is 1. The first-order valence-electron chi connectivity index (χ1n) is 6.72. The molecule has 0 spiro atoms. The van der Waals surface area contributed by atoms with Gasteiger partial charge in [0, 0.05) is 23.5 Å². The summed E-state index contributed by atoms with van der Waals surface area (Å²) in [5, 5.41) is 4.24. The number of hydrogen-bond donors (Lipinski definition) is 2. The minimum Gasteiger partial charge on any atom is -0.350 e. The van der Waals surface area contributed by atoms with E-state index in [0.717, 1.165) is 36.0 Å². The van der Waals surface area contributed by atoms with Gasteiger partial charge in [0.1, 0.15) is 5.69 Å². The summed E-state index contributed by atoms with van der Waals surface area (Å²) in [6.07, 6.45) is 1.03. The number of para-hydroxylation sites is 1. The van der Waals surface area contributed by atoms with Crippen LogP contribution in [0.2, 0.25) is 0 Å². The van der Waals surface area contributed by atoms with Gasteiger partial charge in [-0.05, 0) is 38.6 Å². The molecule has 4 heteroatoms. The topological polar surface area (TPSA) is 48.1 Å². The Labute approximate surface area is 112 Å². The molecule has 0 aliphatic carbocycles. The molecular formula is C15H19N3O. The van der Waals surface area contributed by atoms with Gasteiger partial charge in [0.25, 0.3) is 5.91 Å². The molecule has 1 aromatic carbocycles. The third-order valence-corrected chi connectivity index (χ3v) is 3.92. The number of aromatic amines is 1. The molecule has 100 valence electrons. The van der Waals surface area contributed by atoms with Crippen molar-refractivity contribution in [1.82, 2.24) is 15.2 Å². The van der Waals surface area contributed by atoms with E-state index in [2.05, 4.69) is 22.2 Å². The Kier molecular flexibility index (Phi) is 3.03. The fourth-order valence-corrected chi connectivity index (χ4v) is 2.82. The minimum absolute atomic E-state index is 0.00833. The highest BCUT2D eigenvalue weighted by atomic mass is 16.2. The van der Waals surface area contributed by atoms with Crippen molar-refractivity contribution < 1.29 is 4.79 Å². The summed E-state index contributed by atoms with van der Waals surface area (Å²) in [4.78, 5) is 17.8. The molecule has 0 bridgehead atoms. The summed E-state index contributed by atoms with van der Waals surface area (Å²) in [5.74, 6) is 0.00833. The van der Waals surface area contributed by atoms with Crippen molar-refractivity contribution in [2.24, 2.45) is 0 Å². The number of H-pyrrole nitrogens is 1. The Morgan fingerprint density at radius 3 is 2.89 bits per heavy atom. The number of nitrogens with one attached hydrogen (secondary N) is 2. The smallest absolute Gasteiger partial charge is 0.268 e. The third kappa shape index (κ3) is 2.24. The number of carbonyl (C=O) groups excluding carboxylic acids is 1. The monoisotopic (exact) mass is 257 g/mol. The van der Waals surface area contributed by atoms with Gasteiger partial charge in [-0.3, -0.25) is 4.79 Å². The second-order valence-electron chi connectivity index (χ2n) is 5.39. The van der Waals surface area contributed by atoms with Gasteiger partial charge in [-0.25, -0.2) is 0 Å². The van der Waals surface area contributed by atoms with E-state index in [9.17, 15) is 4.79 Å². The molecule has 1 fully saturated rings. The molecule has 0 saturated carbocycles. The van der Waals surface area contributed by atoms with Crippen LogP contribution in [0.3, 0.4) is 0 Å². The first kappa shape index (κ1) is 12.2. The highest BCUT2D eigenvalue weighted by Crippen LogP contribution is 2.21. The maximum Gasteiger partial charge on any atom is 0.268 e. The van der Waals surface area contributed by atoms with Crippen molar-refractivity contribution in [2.75, 3.05) is 20.1 Å². The van der Waals surface area contributed by atoms with Crippen LogP contribution in [-0.2, 0) is 0 Å². The average molecular weight is 257 g/mol. The van der Waals surface area contributed by atoms with Crippen LogP contribution in [0, 0.1) is 6.92 Å². The Hall–Kier alpha value is -1.81. The number of fused-ring (bicyclic) bond motifs is 1. The van der Waals surface area contributed by atoms with Gasteiger partial charge in [0.2, 0.25) is 0 Å². The van der Waals surface area contributed by atoms with Crippen molar-refractivity contribution in [3.63, 3.8) is 0 Å². The molecule has 1 aromatic heterocycles. The van der Waals surface area contributed by atoms with Gasteiger partial charge in [-0.2, -0.15) is 0 Å². The van der Waals surface area contributed by atoms with E-state index >= 15 is 0 Å². The second-order valence-corrected chi connectivity index (χ2v) is 5.39. The highest BCUT2D eigenvalue weighted by Gasteiger charge is 2.23. The molecule has 1 amide bonds. The fraction of sp³-hybridized carbons (Fsp3) is 0.400. The van der Waals surface area contributed by atoms with Crippen molar-refractivity contribution >= 4 is 16.8 Å².